The molecule has 5 heteroatoms. The zero-order valence-corrected chi connectivity index (χ0v) is 9.59. The van der Waals surface area contributed by atoms with Crippen molar-refractivity contribution in [1.29, 1.82) is 0 Å². The topological polar surface area (TPSA) is 64.3 Å². The van der Waals surface area contributed by atoms with Gasteiger partial charge in [-0.3, -0.25) is 0 Å². The summed E-state index contributed by atoms with van der Waals surface area (Å²) >= 11 is 0. The fraction of sp³-hybridized carbons (Fsp3) is 0.636. The third-order valence-electron chi connectivity index (χ3n) is 2.87. The lowest BCUT2D eigenvalue weighted by Gasteiger charge is -2.32. The van der Waals surface area contributed by atoms with Gasteiger partial charge in [0.25, 0.3) is 0 Å². The van der Waals surface area contributed by atoms with Crippen molar-refractivity contribution in [1.82, 2.24) is 9.97 Å². The Kier molecular flexibility index (Phi) is 3.56. The largest absolute Gasteiger partial charge is 0.384 e. The Morgan fingerprint density at radius 3 is 3.25 bits per heavy atom. The highest BCUT2D eigenvalue weighted by Gasteiger charge is 2.21. The smallest absolute Gasteiger partial charge is 0.227 e. The van der Waals surface area contributed by atoms with E-state index in [0.29, 0.717) is 11.7 Å². The van der Waals surface area contributed by atoms with Gasteiger partial charge in [-0.05, 0) is 24.8 Å². The maximum Gasteiger partial charge on any atom is 0.227 e. The van der Waals surface area contributed by atoms with Gasteiger partial charge in [-0.1, -0.05) is 0 Å². The molecule has 1 saturated heterocycles. The van der Waals surface area contributed by atoms with Crippen LogP contribution < -0.4 is 10.6 Å². The van der Waals surface area contributed by atoms with Gasteiger partial charge in [0.1, 0.15) is 5.82 Å². The fourth-order valence-electron chi connectivity index (χ4n) is 2.13. The van der Waals surface area contributed by atoms with Crippen molar-refractivity contribution >= 4 is 11.8 Å². The first-order valence-electron chi connectivity index (χ1n) is 5.62. The van der Waals surface area contributed by atoms with Crippen LogP contribution >= 0.6 is 0 Å². The highest BCUT2D eigenvalue weighted by molar-refractivity contribution is 5.38. The first-order chi connectivity index (χ1) is 7.79. The first kappa shape index (κ1) is 11.1. The van der Waals surface area contributed by atoms with Gasteiger partial charge in [-0.15, -0.1) is 0 Å². The second-order valence-corrected chi connectivity index (χ2v) is 4.19. The molecule has 1 atom stereocenters. The van der Waals surface area contributed by atoms with Crippen molar-refractivity contribution in [2.75, 3.05) is 37.4 Å². The molecule has 0 amide bonds. The normalized spacial score (nSPS) is 21.1. The van der Waals surface area contributed by atoms with E-state index in [0.717, 1.165) is 32.1 Å². The maximum atomic E-state index is 5.66. The Balaban J connectivity index is 2.03. The van der Waals surface area contributed by atoms with E-state index < -0.39 is 0 Å². The molecule has 1 unspecified atom stereocenters. The summed E-state index contributed by atoms with van der Waals surface area (Å²) in [6, 6.07) is 1.71. The number of piperidine rings is 1. The minimum absolute atomic E-state index is 0.527. The van der Waals surface area contributed by atoms with Gasteiger partial charge in [0, 0.05) is 26.4 Å². The fourth-order valence-corrected chi connectivity index (χ4v) is 2.13. The van der Waals surface area contributed by atoms with Crippen molar-refractivity contribution in [3.8, 4) is 0 Å². The van der Waals surface area contributed by atoms with Crippen LogP contribution in [0.5, 0.6) is 0 Å². The van der Waals surface area contributed by atoms with Crippen LogP contribution in [0, 0.1) is 5.92 Å². The van der Waals surface area contributed by atoms with Crippen LogP contribution in [0.2, 0.25) is 0 Å². The lowest BCUT2D eigenvalue weighted by molar-refractivity contribution is 0.143. The maximum absolute atomic E-state index is 5.66. The summed E-state index contributed by atoms with van der Waals surface area (Å²) in [5.74, 6) is 1.84. The number of aromatic nitrogens is 2. The highest BCUT2D eigenvalue weighted by Crippen LogP contribution is 2.20. The van der Waals surface area contributed by atoms with Crippen molar-refractivity contribution < 1.29 is 4.74 Å². The van der Waals surface area contributed by atoms with Crippen LogP contribution in [0.15, 0.2) is 12.3 Å². The molecule has 1 aromatic rings. The summed E-state index contributed by atoms with van der Waals surface area (Å²) < 4.78 is 5.20. The molecule has 1 fully saturated rings. The Labute approximate surface area is 95.6 Å². The van der Waals surface area contributed by atoms with Gasteiger partial charge in [-0.25, -0.2) is 4.98 Å². The monoisotopic (exact) mass is 222 g/mol. The average Bonchev–Trinajstić information content (AvgIpc) is 2.30. The van der Waals surface area contributed by atoms with E-state index in [4.69, 9.17) is 10.5 Å². The Morgan fingerprint density at radius 1 is 1.62 bits per heavy atom. The third kappa shape index (κ3) is 2.61. The molecule has 0 aromatic carbocycles. The van der Waals surface area contributed by atoms with E-state index in [9.17, 15) is 0 Å². The number of ether oxygens (including phenoxy) is 1. The number of nitrogens with two attached hydrogens (primary N) is 1. The van der Waals surface area contributed by atoms with E-state index in [1.165, 1.54) is 6.42 Å². The summed E-state index contributed by atoms with van der Waals surface area (Å²) in [6.07, 6.45) is 4.08. The summed E-state index contributed by atoms with van der Waals surface area (Å²) in [5.41, 5.74) is 5.66. The van der Waals surface area contributed by atoms with E-state index in [1.807, 2.05) is 0 Å². The molecule has 1 aliphatic rings. The summed E-state index contributed by atoms with van der Waals surface area (Å²) in [6.45, 7) is 2.76. The van der Waals surface area contributed by atoms with E-state index >= 15 is 0 Å². The number of hydrogen-bond acceptors (Lipinski definition) is 5. The van der Waals surface area contributed by atoms with E-state index in [-0.39, 0.29) is 0 Å². The van der Waals surface area contributed by atoms with Crippen LogP contribution in [0.4, 0.5) is 11.8 Å². The molecule has 5 nitrogen and oxygen atoms in total. The molecule has 0 aliphatic carbocycles. The second-order valence-electron chi connectivity index (χ2n) is 4.19. The van der Waals surface area contributed by atoms with E-state index in [1.54, 1.807) is 19.4 Å². The quantitative estimate of drug-likeness (QED) is 0.824. The Hall–Kier alpha value is -1.36. The molecule has 2 rings (SSSR count). The summed E-state index contributed by atoms with van der Waals surface area (Å²) in [4.78, 5) is 10.7. The zero-order valence-electron chi connectivity index (χ0n) is 9.59. The van der Waals surface area contributed by atoms with Gasteiger partial charge in [-0.2, -0.15) is 4.98 Å². The molecular weight excluding hydrogens is 204 g/mol. The van der Waals surface area contributed by atoms with Gasteiger partial charge in [0.15, 0.2) is 0 Å². The molecule has 0 bridgehead atoms. The van der Waals surface area contributed by atoms with Crippen LogP contribution in [0.25, 0.3) is 0 Å². The molecule has 16 heavy (non-hydrogen) atoms. The lowest BCUT2D eigenvalue weighted by Crippen LogP contribution is -2.38. The van der Waals surface area contributed by atoms with Crippen LogP contribution in [-0.2, 0) is 4.74 Å². The van der Waals surface area contributed by atoms with Crippen molar-refractivity contribution in [3.05, 3.63) is 12.3 Å². The van der Waals surface area contributed by atoms with E-state index in [2.05, 4.69) is 14.9 Å². The summed E-state index contributed by atoms with van der Waals surface area (Å²) in [5, 5.41) is 0. The van der Waals surface area contributed by atoms with Crippen molar-refractivity contribution in [3.63, 3.8) is 0 Å². The summed E-state index contributed by atoms with van der Waals surface area (Å²) in [7, 11) is 1.75. The van der Waals surface area contributed by atoms with Gasteiger partial charge in [0.2, 0.25) is 5.95 Å². The minimum atomic E-state index is 0.527. The third-order valence-corrected chi connectivity index (χ3v) is 2.87. The number of nitrogens with zero attached hydrogens (tertiary/aromatic N) is 3. The van der Waals surface area contributed by atoms with Gasteiger partial charge in [0.05, 0.1) is 6.61 Å². The standard InChI is InChI=1S/C11H18N4O/c1-16-8-9-3-2-6-15(7-9)11-13-5-4-10(12)14-11/h4-5,9H,2-3,6-8H2,1H3,(H2,12,13,14). The molecule has 2 heterocycles. The molecule has 0 radical (unpaired) electrons. The highest BCUT2D eigenvalue weighted by atomic mass is 16.5. The van der Waals surface area contributed by atoms with Crippen molar-refractivity contribution in [2.24, 2.45) is 5.92 Å². The number of anilines is 2. The first-order valence-corrected chi connectivity index (χ1v) is 5.62. The average molecular weight is 222 g/mol. The molecule has 0 saturated carbocycles. The SMILES string of the molecule is COCC1CCCN(c2nccc(N)n2)C1. The minimum Gasteiger partial charge on any atom is -0.384 e. The molecule has 1 aliphatic heterocycles. The Morgan fingerprint density at radius 2 is 2.50 bits per heavy atom. The van der Waals surface area contributed by atoms with Crippen molar-refractivity contribution in [2.45, 2.75) is 12.8 Å². The number of nitrogen functional groups attached to an aromatic ring is 1. The van der Waals surface area contributed by atoms with Crippen LogP contribution in [0.3, 0.4) is 0 Å². The molecular formula is C11H18N4O. The number of hydrogen-bond donors (Lipinski definition) is 1. The predicted molar refractivity (Wildman–Crippen MR) is 63.3 cm³/mol. The number of rotatable bonds is 3. The van der Waals surface area contributed by atoms with Crippen LogP contribution in [0.1, 0.15) is 12.8 Å². The lowest BCUT2D eigenvalue weighted by atomic mass is 9.99. The zero-order chi connectivity index (χ0) is 11.4. The van der Waals surface area contributed by atoms with Crippen LogP contribution in [-0.4, -0.2) is 36.8 Å². The second kappa shape index (κ2) is 5.12. The molecule has 2 N–H and O–H groups in total. The molecule has 0 spiro atoms. The van der Waals surface area contributed by atoms with Gasteiger partial charge < -0.3 is 15.4 Å². The number of methoxy groups -OCH3 is 1. The molecule has 1 aromatic heterocycles. The predicted octanol–water partition coefficient (Wildman–Crippen LogP) is 0.922. The molecule has 88 valence electrons. The van der Waals surface area contributed by atoms with Gasteiger partial charge >= 0.3 is 0 Å². The Bertz CT molecular complexity index is 343.